The summed E-state index contributed by atoms with van der Waals surface area (Å²) >= 11 is 3.33. The summed E-state index contributed by atoms with van der Waals surface area (Å²) in [4.78, 5) is 25.8. The van der Waals surface area contributed by atoms with Crippen molar-refractivity contribution < 1.29 is 23.5 Å². The first-order valence-corrected chi connectivity index (χ1v) is 9.62. The maximum absolute atomic E-state index is 14.2. The van der Waals surface area contributed by atoms with Crippen molar-refractivity contribution in [2.24, 2.45) is 0 Å². The fourth-order valence-electron chi connectivity index (χ4n) is 2.99. The molecule has 0 aliphatic carbocycles. The largest absolute Gasteiger partial charge is 0.486 e. The molecule has 0 atom stereocenters. The molecular formula is C22H15BrFNO4. The first-order valence-electron chi connectivity index (χ1n) is 8.83. The minimum absolute atomic E-state index is 0.0952. The van der Waals surface area contributed by atoms with Crippen molar-refractivity contribution in [1.82, 2.24) is 0 Å². The molecular weight excluding hydrogens is 441 g/mol. The van der Waals surface area contributed by atoms with E-state index < -0.39 is 17.5 Å². The van der Waals surface area contributed by atoms with Crippen molar-refractivity contribution in [3.63, 3.8) is 0 Å². The Balaban J connectivity index is 1.76. The van der Waals surface area contributed by atoms with E-state index in [9.17, 15) is 14.0 Å². The third-order valence-corrected chi connectivity index (χ3v) is 4.87. The topological polar surface area (TPSA) is 64.6 Å². The molecule has 29 heavy (non-hydrogen) atoms. The fourth-order valence-corrected chi connectivity index (χ4v) is 3.39. The number of ether oxygens (including phenoxy) is 2. The highest BCUT2D eigenvalue weighted by molar-refractivity contribution is 9.10. The van der Waals surface area contributed by atoms with Gasteiger partial charge in [0.1, 0.15) is 19.0 Å². The highest BCUT2D eigenvalue weighted by atomic mass is 79.9. The molecule has 0 bridgehead atoms. The average molecular weight is 456 g/mol. The van der Waals surface area contributed by atoms with Crippen LogP contribution in [0.15, 0.2) is 65.1 Å². The predicted molar refractivity (Wildman–Crippen MR) is 109 cm³/mol. The molecule has 0 unspecified atom stereocenters. The van der Waals surface area contributed by atoms with Crippen molar-refractivity contribution in [3.8, 4) is 11.5 Å². The molecule has 0 spiro atoms. The van der Waals surface area contributed by atoms with Crippen LogP contribution < -0.4 is 14.8 Å². The number of hydrogen-bond acceptors (Lipinski definition) is 4. The summed E-state index contributed by atoms with van der Waals surface area (Å²) in [5, 5.41) is 2.74. The molecule has 0 aromatic heterocycles. The maximum atomic E-state index is 14.2. The highest BCUT2D eigenvalue weighted by Crippen LogP contribution is 2.37. The monoisotopic (exact) mass is 455 g/mol. The van der Waals surface area contributed by atoms with Crippen LogP contribution in [-0.2, 0) is 0 Å². The van der Waals surface area contributed by atoms with Crippen LogP contribution in [0.5, 0.6) is 11.5 Å². The van der Waals surface area contributed by atoms with Gasteiger partial charge in [0.2, 0.25) is 0 Å². The molecule has 0 fully saturated rings. The summed E-state index contributed by atoms with van der Waals surface area (Å²) in [5.74, 6) is -0.839. The highest BCUT2D eigenvalue weighted by Gasteiger charge is 2.23. The van der Waals surface area contributed by atoms with Gasteiger partial charge in [0.15, 0.2) is 17.3 Å². The van der Waals surface area contributed by atoms with Gasteiger partial charge in [0, 0.05) is 16.1 Å². The Morgan fingerprint density at radius 3 is 2.34 bits per heavy atom. The van der Waals surface area contributed by atoms with E-state index in [1.54, 1.807) is 30.3 Å². The Hall–Kier alpha value is -3.19. The van der Waals surface area contributed by atoms with Gasteiger partial charge in [-0.1, -0.05) is 34.1 Å². The Morgan fingerprint density at radius 2 is 1.62 bits per heavy atom. The molecule has 5 nitrogen and oxygen atoms in total. The number of amides is 1. The summed E-state index contributed by atoms with van der Waals surface area (Å²) in [6, 6.07) is 15.5. The number of fused-ring (bicyclic) bond motifs is 1. The van der Waals surface area contributed by atoms with Crippen LogP contribution in [0, 0.1) is 5.82 Å². The molecule has 0 saturated carbocycles. The van der Waals surface area contributed by atoms with E-state index >= 15 is 0 Å². The van der Waals surface area contributed by atoms with Gasteiger partial charge >= 0.3 is 0 Å². The molecule has 3 aromatic carbocycles. The fraction of sp³-hybridized carbons (Fsp3) is 0.0909. The SMILES string of the molecule is O=C(Nc1cc2c(cc1C(=O)c1ccccc1F)OCCO2)c1cccc(Br)c1. The second-order valence-electron chi connectivity index (χ2n) is 6.31. The Bertz CT molecular complexity index is 1120. The van der Waals surface area contributed by atoms with Crippen molar-refractivity contribution >= 4 is 33.3 Å². The number of hydrogen-bond donors (Lipinski definition) is 1. The smallest absolute Gasteiger partial charge is 0.255 e. The third kappa shape index (κ3) is 4.00. The number of carbonyl (C=O) groups excluding carboxylic acids is 2. The number of benzene rings is 3. The molecule has 146 valence electrons. The second-order valence-corrected chi connectivity index (χ2v) is 7.23. The van der Waals surface area contributed by atoms with Crippen molar-refractivity contribution in [1.29, 1.82) is 0 Å². The molecule has 1 N–H and O–H groups in total. The predicted octanol–water partition coefficient (Wildman–Crippen LogP) is 4.84. The lowest BCUT2D eigenvalue weighted by atomic mass is 10.00. The standard InChI is InChI=1S/C22H15BrFNO4/c23-14-5-3-4-13(10-14)22(27)25-18-12-20-19(28-8-9-29-20)11-16(18)21(26)15-6-1-2-7-17(15)24/h1-7,10-12H,8-9H2,(H,25,27). The lowest BCUT2D eigenvalue weighted by molar-refractivity contribution is 0.102. The van der Waals surface area contributed by atoms with Crippen molar-refractivity contribution in [3.05, 3.63) is 87.6 Å². The number of nitrogens with one attached hydrogen (secondary N) is 1. The van der Waals surface area contributed by atoms with Gasteiger partial charge in [-0.05, 0) is 36.4 Å². The Kier molecular flexibility index (Phi) is 5.31. The normalized spacial score (nSPS) is 12.3. The minimum atomic E-state index is -0.642. The average Bonchev–Trinajstić information content (AvgIpc) is 2.73. The van der Waals surface area contributed by atoms with E-state index in [4.69, 9.17) is 9.47 Å². The zero-order valence-corrected chi connectivity index (χ0v) is 16.7. The van der Waals surface area contributed by atoms with Gasteiger partial charge in [-0.3, -0.25) is 9.59 Å². The molecule has 3 aromatic rings. The lowest BCUT2D eigenvalue weighted by Crippen LogP contribution is -2.19. The van der Waals surface area contributed by atoms with Crippen LogP contribution in [0.3, 0.4) is 0 Å². The quantitative estimate of drug-likeness (QED) is 0.571. The van der Waals surface area contributed by atoms with E-state index in [1.165, 1.54) is 30.3 Å². The number of carbonyl (C=O) groups is 2. The summed E-state index contributed by atoms with van der Waals surface area (Å²) in [7, 11) is 0. The molecule has 1 heterocycles. The molecule has 0 radical (unpaired) electrons. The summed E-state index contributed by atoms with van der Waals surface area (Å²) < 4.78 is 26.1. The van der Waals surface area contributed by atoms with Gasteiger partial charge in [-0.25, -0.2) is 4.39 Å². The van der Waals surface area contributed by atoms with E-state index in [0.717, 1.165) is 4.47 Å². The van der Waals surface area contributed by atoms with Crippen LogP contribution in [0.25, 0.3) is 0 Å². The van der Waals surface area contributed by atoms with Crippen LogP contribution in [0.1, 0.15) is 26.3 Å². The van der Waals surface area contributed by atoms with Crippen LogP contribution in [0.2, 0.25) is 0 Å². The number of rotatable bonds is 4. The first-order chi connectivity index (χ1) is 14.0. The molecule has 7 heteroatoms. The van der Waals surface area contributed by atoms with Crippen LogP contribution >= 0.6 is 15.9 Å². The molecule has 1 amide bonds. The van der Waals surface area contributed by atoms with Gasteiger partial charge in [-0.2, -0.15) is 0 Å². The Morgan fingerprint density at radius 1 is 0.897 bits per heavy atom. The van der Waals surface area contributed by atoms with Crippen LogP contribution in [0.4, 0.5) is 10.1 Å². The van der Waals surface area contributed by atoms with E-state index in [-0.39, 0.29) is 16.8 Å². The maximum Gasteiger partial charge on any atom is 0.255 e. The second kappa shape index (κ2) is 8.05. The van der Waals surface area contributed by atoms with E-state index in [1.807, 2.05) is 0 Å². The molecule has 4 rings (SSSR count). The summed E-state index contributed by atoms with van der Waals surface area (Å²) in [6.07, 6.45) is 0. The zero-order valence-electron chi connectivity index (χ0n) is 15.1. The van der Waals surface area contributed by atoms with Crippen molar-refractivity contribution in [2.75, 3.05) is 18.5 Å². The molecule has 1 aliphatic heterocycles. The van der Waals surface area contributed by atoms with Gasteiger partial charge in [0.05, 0.1) is 16.8 Å². The van der Waals surface area contributed by atoms with E-state index in [2.05, 4.69) is 21.2 Å². The minimum Gasteiger partial charge on any atom is -0.486 e. The molecule has 0 saturated heterocycles. The lowest BCUT2D eigenvalue weighted by Gasteiger charge is -2.21. The number of anilines is 1. The zero-order chi connectivity index (χ0) is 20.4. The number of ketones is 1. The molecule has 1 aliphatic rings. The van der Waals surface area contributed by atoms with Gasteiger partial charge < -0.3 is 14.8 Å². The summed E-state index contributed by atoms with van der Waals surface area (Å²) in [6.45, 7) is 0.691. The number of halogens is 2. The van der Waals surface area contributed by atoms with E-state index in [0.29, 0.717) is 30.3 Å². The van der Waals surface area contributed by atoms with Gasteiger partial charge in [0.25, 0.3) is 5.91 Å². The van der Waals surface area contributed by atoms with Crippen LogP contribution in [-0.4, -0.2) is 24.9 Å². The summed E-state index contributed by atoms with van der Waals surface area (Å²) in [5.41, 5.74) is 0.635. The third-order valence-electron chi connectivity index (χ3n) is 4.38. The Labute approximate surface area is 174 Å². The van der Waals surface area contributed by atoms with Gasteiger partial charge in [-0.15, -0.1) is 0 Å². The van der Waals surface area contributed by atoms with Crippen molar-refractivity contribution in [2.45, 2.75) is 0 Å². The first kappa shape index (κ1) is 19.1.